The van der Waals surface area contributed by atoms with Gasteiger partial charge in [0.15, 0.2) is 0 Å². The van der Waals surface area contributed by atoms with Crippen molar-refractivity contribution in [2.75, 3.05) is 13.1 Å². The molecule has 0 radical (unpaired) electrons. The van der Waals surface area contributed by atoms with Crippen molar-refractivity contribution in [3.63, 3.8) is 0 Å². The predicted molar refractivity (Wildman–Crippen MR) is 66.2 cm³/mol. The second-order valence-electron chi connectivity index (χ2n) is 4.83. The average molecular weight is 269 g/mol. The molecule has 0 spiro atoms. The van der Waals surface area contributed by atoms with Crippen molar-refractivity contribution in [3.05, 3.63) is 35.4 Å². The van der Waals surface area contributed by atoms with Gasteiger partial charge >= 0.3 is 6.18 Å². The Bertz CT molecular complexity index is 510. The van der Waals surface area contributed by atoms with Crippen LogP contribution in [0.3, 0.4) is 0 Å². The lowest BCUT2D eigenvalue weighted by atomic mass is 10.0. The molecule has 1 aromatic rings. The molecule has 0 saturated carbocycles. The molecule has 2 atom stereocenters. The quantitative estimate of drug-likeness (QED) is 0.815. The minimum Gasteiger partial charge on any atom is -0.364 e. The van der Waals surface area contributed by atoms with Crippen molar-refractivity contribution in [3.8, 4) is 0 Å². The Hall–Kier alpha value is -1.56. The minimum atomic E-state index is -4.35. The molecule has 102 valence electrons. The molecular formula is C13H14F3N3. The van der Waals surface area contributed by atoms with Crippen LogP contribution in [0.15, 0.2) is 29.3 Å². The molecule has 2 heterocycles. The number of rotatable bonds is 1. The summed E-state index contributed by atoms with van der Waals surface area (Å²) >= 11 is 0. The summed E-state index contributed by atoms with van der Waals surface area (Å²) in [5.74, 6) is 0.367. The standard InChI is InChI=1S/C13H14F3N3/c14-13(15,16)9-4-2-1-3-8(9)12-18-10-5-6-17-7-11(10)19-12/h1-4,10-11,17H,5-7H2,(H,18,19). The lowest BCUT2D eigenvalue weighted by molar-refractivity contribution is -0.137. The Kier molecular flexibility index (Phi) is 2.97. The lowest BCUT2D eigenvalue weighted by Crippen LogP contribution is -2.48. The zero-order valence-electron chi connectivity index (χ0n) is 10.2. The zero-order valence-corrected chi connectivity index (χ0v) is 10.2. The van der Waals surface area contributed by atoms with E-state index in [9.17, 15) is 13.2 Å². The molecule has 0 aromatic heterocycles. The third-order valence-corrected chi connectivity index (χ3v) is 3.55. The predicted octanol–water partition coefficient (Wildman–Crippen LogP) is 1.79. The van der Waals surface area contributed by atoms with E-state index in [4.69, 9.17) is 0 Å². The first kappa shape index (κ1) is 12.5. The monoisotopic (exact) mass is 269 g/mol. The summed E-state index contributed by atoms with van der Waals surface area (Å²) in [7, 11) is 0. The summed E-state index contributed by atoms with van der Waals surface area (Å²) in [6, 6.07) is 5.76. The SMILES string of the molecule is FC(F)(F)c1ccccc1C1=NC2CCNCC2N1. The first-order chi connectivity index (χ1) is 9.05. The van der Waals surface area contributed by atoms with Crippen LogP contribution in [0, 0.1) is 0 Å². The molecule has 0 amide bonds. The van der Waals surface area contributed by atoms with Crippen LogP contribution in [0.1, 0.15) is 17.5 Å². The average Bonchev–Trinajstić information content (AvgIpc) is 2.81. The molecule has 1 saturated heterocycles. The number of piperidine rings is 1. The maximum absolute atomic E-state index is 13.0. The first-order valence-electron chi connectivity index (χ1n) is 6.27. The molecule has 0 aliphatic carbocycles. The summed E-state index contributed by atoms with van der Waals surface area (Å²) in [6.07, 6.45) is -3.50. The summed E-state index contributed by atoms with van der Waals surface area (Å²) < 4.78 is 38.9. The lowest BCUT2D eigenvalue weighted by Gasteiger charge is -2.24. The molecular weight excluding hydrogens is 255 g/mol. The third-order valence-electron chi connectivity index (χ3n) is 3.55. The van der Waals surface area contributed by atoms with Crippen molar-refractivity contribution < 1.29 is 13.2 Å². The largest absolute Gasteiger partial charge is 0.417 e. The summed E-state index contributed by atoms with van der Waals surface area (Å²) in [6.45, 7) is 1.60. The van der Waals surface area contributed by atoms with Crippen molar-refractivity contribution >= 4 is 5.84 Å². The van der Waals surface area contributed by atoms with Gasteiger partial charge in [-0.25, -0.2) is 0 Å². The smallest absolute Gasteiger partial charge is 0.364 e. The number of nitrogens with one attached hydrogen (secondary N) is 2. The fourth-order valence-corrected chi connectivity index (χ4v) is 2.61. The van der Waals surface area contributed by atoms with Crippen LogP contribution < -0.4 is 10.6 Å². The molecule has 0 bridgehead atoms. The first-order valence-corrected chi connectivity index (χ1v) is 6.27. The number of amidine groups is 1. The Morgan fingerprint density at radius 3 is 2.74 bits per heavy atom. The second-order valence-corrected chi connectivity index (χ2v) is 4.83. The van der Waals surface area contributed by atoms with Crippen molar-refractivity contribution in [2.45, 2.75) is 24.7 Å². The van der Waals surface area contributed by atoms with Gasteiger partial charge in [-0.2, -0.15) is 13.2 Å². The highest BCUT2D eigenvalue weighted by Crippen LogP contribution is 2.32. The molecule has 2 aliphatic rings. The topological polar surface area (TPSA) is 36.4 Å². The number of hydrogen-bond donors (Lipinski definition) is 2. The Morgan fingerprint density at radius 2 is 2.00 bits per heavy atom. The van der Waals surface area contributed by atoms with Gasteiger partial charge < -0.3 is 10.6 Å². The Morgan fingerprint density at radius 1 is 1.21 bits per heavy atom. The normalized spacial score (nSPS) is 26.6. The highest BCUT2D eigenvalue weighted by Gasteiger charge is 2.37. The van der Waals surface area contributed by atoms with Gasteiger partial charge in [0.1, 0.15) is 5.84 Å². The molecule has 1 fully saturated rings. The highest BCUT2D eigenvalue weighted by atomic mass is 19.4. The van der Waals surface area contributed by atoms with Gasteiger partial charge in [-0.1, -0.05) is 18.2 Å². The second kappa shape index (κ2) is 4.52. The highest BCUT2D eigenvalue weighted by molar-refractivity contribution is 6.01. The molecule has 2 aliphatic heterocycles. The van der Waals surface area contributed by atoms with Crippen molar-refractivity contribution in [1.82, 2.24) is 10.6 Å². The van der Waals surface area contributed by atoms with Crippen LogP contribution in [0.2, 0.25) is 0 Å². The van der Waals surface area contributed by atoms with Gasteiger partial charge in [0, 0.05) is 12.1 Å². The number of halogens is 3. The number of aliphatic imine (C=N–C) groups is 1. The van der Waals surface area contributed by atoms with Crippen LogP contribution >= 0.6 is 0 Å². The molecule has 2 N–H and O–H groups in total. The molecule has 3 rings (SSSR count). The van der Waals surface area contributed by atoms with Gasteiger partial charge in [-0.15, -0.1) is 0 Å². The van der Waals surface area contributed by atoms with Gasteiger partial charge in [0.05, 0.1) is 17.6 Å². The van der Waals surface area contributed by atoms with E-state index in [1.165, 1.54) is 12.1 Å². The fourth-order valence-electron chi connectivity index (χ4n) is 2.61. The number of fused-ring (bicyclic) bond motifs is 1. The van der Waals surface area contributed by atoms with E-state index >= 15 is 0 Å². The Labute approximate surface area is 108 Å². The number of nitrogens with zero attached hydrogens (tertiary/aromatic N) is 1. The molecule has 6 heteroatoms. The zero-order chi connectivity index (χ0) is 13.5. The van der Waals surface area contributed by atoms with Crippen molar-refractivity contribution in [2.24, 2.45) is 4.99 Å². The molecule has 3 nitrogen and oxygen atoms in total. The summed E-state index contributed by atoms with van der Waals surface area (Å²) in [5.41, 5.74) is -0.489. The summed E-state index contributed by atoms with van der Waals surface area (Å²) in [4.78, 5) is 4.42. The number of alkyl halides is 3. The van der Waals surface area contributed by atoms with E-state index in [-0.39, 0.29) is 17.6 Å². The maximum Gasteiger partial charge on any atom is 0.417 e. The number of benzene rings is 1. The molecule has 19 heavy (non-hydrogen) atoms. The van der Waals surface area contributed by atoms with Crippen LogP contribution in [-0.4, -0.2) is 31.0 Å². The van der Waals surface area contributed by atoms with E-state index < -0.39 is 11.7 Å². The van der Waals surface area contributed by atoms with E-state index in [1.54, 1.807) is 6.07 Å². The van der Waals surface area contributed by atoms with E-state index in [2.05, 4.69) is 15.6 Å². The minimum absolute atomic E-state index is 0.0811. The Balaban J connectivity index is 1.95. The summed E-state index contributed by atoms with van der Waals surface area (Å²) in [5, 5.41) is 6.32. The molecule has 1 aromatic carbocycles. The van der Waals surface area contributed by atoms with E-state index in [0.717, 1.165) is 25.6 Å². The van der Waals surface area contributed by atoms with Crippen molar-refractivity contribution in [1.29, 1.82) is 0 Å². The van der Waals surface area contributed by atoms with Gasteiger partial charge in [0.25, 0.3) is 0 Å². The number of hydrogen-bond acceptors (Lipinski definition) is 3. The third kappa shape index (κ3) is 2.32. The van der Waals surface area contributed by atoms with Crippen LogP contribution in [0.5, 0.6) is 0 Å². The van der Waals surface area contributed by atoms with Gasteiger partial charge in [-0.3, -0.25) is 4.99 Å². The van der Waals surface area contributed by atoms with E-state index in [0.29, 0.717) is 5.84 Å². The van der Waals surface area contributed by atoms with Crippen LogP contribution in [-0.2, 0) is 6.18 Å². The molecule has 2 unspecified atom stereocenters. The fraction of sp³-hybridized carbons (Fsp3) is 0.462. The van der Waals surface area contributed by atoms with Crippen LogP contribution in [0.25, 0.3) is 0 Å². The van der Waals surface area contributed by atoms with Gasteiger partial charge in [0.2, 0.25) is 0 Å². The van der Waals surface area contributed by atoms with E-state index in [1.807, 2.05) is 0 Å². The van der Waals surface area contributed by atoms with Crippen LogP contribution in [0.4, 0.5) is 13.2 Å². The maximum atomic E-state index is 13.0. The van der Waals surface area contributed by atoms with Gasteiger partial charge in [-0.05, 0) is 19.0 Å².